The van der Waals surface area contributed by atoms with E-state index in [0.29, 0.717) is 6.54 Å². The van der Waals surface area contributed by atoms with Crippen molar-refractivity contribution in [1.29, 1.82) is 0 Å². The van der Waals surface area contributed by atoms with Crippen molar-refractivity contribution in [3.05, 3.63) is 46.8 Å². The number of hydrogen-bond donors (Lipinski definition) is 2. The number of benzene rings is 1. The van der Waals surface area contributed by atoms with Gasteiger partial charge < -0.3 is 11.1 Å². The molecular formula is C15H20N4O. The molecule has 0 aliphatic carbocycles. The molecule has 0 bridgehead atoms. The van der Waals surface area contributed by atoms with Crippen LogP contribution in [0.2, 0.25) is 0 Å². The van der Waals surface area contributed by atoms with Gasteiger partial charge in [0.15, 0.2) is 0 Å². The number of nitrogens with two attached hydrogens (primary N) is 1. The van der Waals surface area contributed by atoms with E-state index >= 15 is 0 Å². The Bertz CT molecular complexity index is 631. The Morgan fingerprint density at radius 1 is 1.30 bits per heavy atom. The van der Waals surface area contributed by atoms with E-state index in [-0.39, 0.29) is 12.5 Å². The third kappa shape index (κ3) is 2.88. The topological polar surface area (TPSA) is 72.9 Å². The molecule has 1 aromatic heterocycles. The van der Waals surface area contributed by atoms with Crippen LogP contribution in [0.5, 0.6) is 0 Å². The molecule has 0 unspecified atom stereocenters. The number of rotatable bonds is 4. The molecule has 1 aromatic carbocycles. The molecule has 0 aliphatic heterocycles. The standard InChI is InChI=1S/C15H20N4O/c1-10-6-4-5-7-14(10)17-15(20)9-19-12(3)13(8-16)11(2)18-19/h4-7H,8-9,16H2,1-3H3,(H,17,20). The molecule has 106 valence electrons. The Balaban J connectivity index is 2.11. The highest BCUT2D eigenvalue weighted by molar-refractivity contribution is 5.91. The van der Waals surface area contributed by atoms with Crippen molar-refractivity contribution in [3.63, 3.8) is 0 Å². The highest BCUT2D eigenvalue weighted by Gasteiger charge is 2.13. The lowest BCUT2D eigenvalue weighted by atomic mass is 10.2. The van der Waals surface area contributed by atoms with Gasteiger partial charge in [-0.3, -0.25) is 9.48 Å². The van der Waals surface area contributed by atoms with Gasteiger partial charge in [-0.2, -0.15) is 5.10 Å². The second-order valence-electron chi connectivity index (χ2n) is 4.87. The highest BCUT2D eigenvalue weighted by atomic mass is 16.2. The molecule has 0 aliphatic rings. The van der Waals surface area contributed by atoms with Crippen molar-refractivity contribution in [2.45, 2.75) is 33.9 Å². The first-order chi connectivity index (χ1) is 9.52. The molecular weight excluding hydrogens is 252 g/mol. The Morgan fingerprint density at radius 3 is 2.60 bits per heavy atom. The first kappa shape index (κ1) is 14.3. The fourth-order valence-corrected chi connectivity index (χ4v) is 2.22. The van der Waals surface area contributed by atoms with Gasteiger partial charge in [0.25, 0.3) is 0 Å². The molecule has 0 radical (unpaired) electrons. The number of nitrogens with one attached hydrogen (secondary N) is 1. The van der Waals surface area contributed by atoms with Crippen LogP contribution in [-0.2, 0) is 17.9 Å². The van der Waals surface area contributed by atoms with Crippen LogP contribution < -0.4 is 11.1 Å². The van der Waals surface area contributed by atoms with E-state index in [1.54, 1.807) is 4.68 Å². The first-order valence-corrected chi connectivity index (χ1v) is 6.61. The molecule has 0 saturated heterocycles. The van der Waals surface area contributed by atoms with Gasteiger partial charge in [-0.1, -0.05) is 18.2 Å². The van der Waals surface area contributed by atoms with Gasteiger partial charge in [0.2, 0.25) is 5.91 Å². The van der Waals surface area contributed by atoms with Crippen molar-refractivity contribution in [2.75, 3.05) is 5.32 Å². The number of aromatic nitrogens is 2. The zero-order valence-corrected chi connectivity index (χ0v) is 12.1. The summed E-state index contributed by atoms with van der Waals surface area (Å²) >= 11 is 0. The Labute approximate surface area is 118 Å². The van der Waals surface area contributed by atoms with Crippen molar-refractivity contribution in [1.82, 2.24) is 9.78 Å². The predicted octanol–water partition coefficient (Wildman–Crippen LogP) is 1.91. The second-order valence-corrected chi connectivity index (χ2v) is 4.87. The van der Waals surface area contributed by atoms with Crippen LogP contribution in [0.15, 0.2) is 24.3 Å². The number of anilines is 1. The summed E-state index contributed by atoms with van der Waals surface area (Å²) in [5.74, 6) is -0.0894. The third-order valence-electron chi connectivity index (χ3n) is 3.45. The quantitative estimate of drug-likeness (QED) is 0.893. The van der Waals surface area contributed by atoms with E-state index in [0.717, 1.165) is 28.2 Å². The van der Waals surface area contributed by atoms with Gasteiger partial charge in [-0.05, 0) is 32.4 Å². The van der Waals surface area contributed by atoms with Crippen LogP contribution in [-0.4, -0.2) is 15.7 Å². The Morgan fingerprint density at radius 2 is 2.00 bits per heavy atom. The lowest BCUT2D eigenvalue weighted by Crippen LogP contribution is -2.21. The maximum absolute atomic E-state index is 12.1. The zero-order chi connectivity index (χ0) is 14.7. The maximum Gasteiger partial charge on any atom is 0.246 e. The van der Waals surface area contributed by atoms with Gasteiger partial charge in [-0.25, -0.2) is 0 Å². The fourth-order valence-electron chi connectivity index (χ4n) is 2.22. The van der Waals surface area contributed by atoms with Gasteiger partial charge in [-0.15, -0.1) is 0 Å². The zero-order valence-electron chi connectivity index (χ0n) is 12.1. The van der Waals surface area contributed by atoms with Crippen molar-refractivity contribution in [3.8, 4) is 0 Å². The van der Waals surface area contributed by atoms with Crippen LogP contribution in [0, 0.1) is 20.8 Å². The molecule has 5 heteroatoms. The smallest absolute Gasteiger partial charge is 0.246 e. The van der Waals surface area contributed by atoms with Crippen molar-refractivity contribution < 1.29 is 4.79 Å². The van der Waals surface area contributed by atoms with Gasteiger partial charge in [0.1, 0.15) is 6.54 Å². The summed E-state index contributed by atoms with van der Waals surface area (Å²) in [5.41, 5.74) is 10.4. The van der Waals surface area contributed by atoms with E-state index in [1.165, 1.54) is 0 Å². The molecule has 0 saturated carbocycles. The minimum absolute atomic E-state index is 0.0894. The Hall–Kier alpha value is -2.14. The number of amides is 1. The molecule has 0 spiro atoms. The van der Waals surface area contributed by atoms with Crippen molar-refractivity contribution >= 4 is 11.6 Å². The number of carbonyl (C=O) groups is 1. The number of carbonyl (C=O) groups excluding carboxylic acids is 1. The van der Waals surface area contributed by atoms with E-state index in [2.05, 4.69) is 10.4 Å². The SMILES string of the molecule is Cc1ccccc1NC(=O)Cn1nc(C)c(CN)c1C. The van der Waals surface area contributed by atoms with Crippen LogP contribution in [0.3, 0.4) is 0 Å². The largest absolute Gasteiger partial charge is 0.326 e. The lowest BCUT2D eigenvalue weighted by molar-refractivity contribution is -0.116. The molecule has 5 nitrogen and oxygen atoms in total. The first-order valence-electron chi connectivity index (χ1n) is 6.61. The second kappa shape index (κ2) is 5.88. The molecule has 3 N–H and O–H groups in total. The molecule has 20 heavy (non-hydrogen) atoms. The van der Waals surface area contributed by atoms with Crippen LogP contribution in [0.25, 0.3) is 0 Å². The predicted molar refractivity (Wildman–Crippen MR) is 79.4 cm³/mol. The van der Waals surface area contributed by atoms with Crippen LogP contribution >= 0.6 is 0 Å². The summed E-state index contributed by atoms with van der Waals surface area (Å²) < 4.78 is 1.70. The van der Waals surface area contributed by atoms with E-state index in [4.69, 9.17) is 5.73 Å². The van der Waals surface area contributed by atoms with Crippen LogP contribution in [0.4, 0.5) is 5.69 Å². The number of aryl methyl sites for hydroxylation is 2. The van der Waals surface area contributed by atoms with Gasteiger partial charge in [0, 0.05) is 23.5 Å². The summed E-state index contributed by atoms with van der Waals surface area (Å²) in [6.45, 7) is 6.44. The molecule has 2 aromatic rings. The van der Waals surface area contributed by atoms with E-state index < -0.39 is 0 Å². The van der Waals surface area contributed by atoms with Gasteiger partial charge in [0.05, 0.1) is 5.69 Å². The third-order valence-corrected chi connectivity index (χ3v) is 3.45. The molecule has 1 amide bonds. The van der Waals surface area contributed by atoms with Crippen molar-refractivity contribution in [2.24, 2.45) is 5.73 Å². The molecule has 0 fully saturated rings. The van der Waals surface area contributed by atoms with Gasteiger partial charge >= 0.3 is 0 Å². The summed E-state index contributed by atoms with van der Waals surface area (Å²) in [5, 5.41) is 7.26. The normalized spacial score (nSPS) is 10.6. The van der Waals surface area contributed by atoms with Crippen LogP contribution in [0.1, 0.15) is 22.5 Å². The number of para-hydroxylation sites is 1. The number of hydrogen-bond acceptors (Lipinski definition) is 3. The van der Waals surface area contributed by atoms with E-state index in [1.807, 2.05) is 45.0 Å². The summed E-state index contributed by atoms with van der Waals surface area (Å²) in [6.07, 6.45) is 0. The molecule has 0 atom stereocenters. The lowest BCUT2D eigenvalue weighted by Gasteiger charge is -2.09. The molecule has 1 heterocycles. The minimum Gasteiger partial charge on any atom is -0.326 e. The summed E-state index contributed by atoms with van der Waals surface area (Å²) in [7, 11) is 0. The average Bonchev–Trinajstić information content (AvgIpc) is 2.67. The monoisotopic (exact) mass is 272 g/mol. The minimum atomic E-state index is -0.0894. The number of nitrogens with zero attached hydrogens (tertiary/aromatic N) is 2. The molecule has 2 rings (SSSR count). The average molecular weight is 272 g/mol. The maximum atomic E-state index is 12.1. The highest BCUT2D eigenvalue weighted by Crippen LogP contribution is 2.14. The Kier molecular flexibility index (Phi) is 4.20. The fraction of sp³-hybridized carbons (Fsp3) is 0.333. The summed E-state index contributed by atoms with van der Waals surface area (Å²) in [4.78, 5) is 12.1. The van der Waals surface area contributed by atoms with E-state index in [9.17, 15) is 4.79 Å². The summed E-state index contributed by atoms with van der Waals surface area (Å²) in [6, 6.07) is 7.70.